The molecule has 5 N–H and O–H groups in total. The second kappa shape index (κ2) is 15.5. The van der Waals surface area contributed by atoms with E-state index in [1.165, 1.54) is 45.9 Å². The minimum Gasteiger partial charge on any atom is -0.756 e. The van der Waals surface area contributed by atoms with Crippen LogP contribution in [0.5, 0.6) is 0 Å². The van der Waals surface area contributed by atoms with Crippen LogP contribution in [0.2, 0.25) is 0 Å². The smallest absolute Gasteiger partial charge is 0.330 e. The molecular weight excluding hydrogens is 605 g/mol. The van der Waals surface area contributed by atoms with Crippen LogP contribution in [0.4, 0.5) is 0 Å². The molecule has 1 unspecified atom stereocenters. The molecule has 0 radical (unpaired) electrons. The maximum Gasteiger partial charge on any atom is 0.330 e. The summed E-state index contributed by atoms with van der Waals surface area (Å²) >= 11 is 0. The molecule has 17 nitrogen and oxygen atoms in total. The van der Waals surface area contributed by atoms with Crippen molar-refractivity contribution in [1.29, 1.82) is 0 Å². The molecular formula is C26H42N5O12P. The molecule has 18 heteroatoms. The van der Waals surface area contributed by atoms with Crippen molar-refractivity contribution in [3.8, 4) is 0 Å². The van der Waals surface area contributed by atoms with Crippen LogP contribution in [0.3, 0.4) is 0 Å². The summed E-state index contributed by atoms with van der Waals surface area (Å²) in [6, 6.07) is 0. The van der Waals surface area contributed by atoms with Crippen molar-refractivity contribution in [1.82, 2.24) is 19.1 Å². The highest BCUT2D eigenvalue weighted by Crippen LogP contribution is 2.45. The highest BCUT2D eigenvalue weighted by Gasteiger charge is 2.41. The van der Waals surface area contributed by atoms with Gasteiger partial charge in [0.1, 0.15) is 24.7 Å². The second-order valence-corrected chi connectivity index (χ2v) is 12.0. The zero-order valence-corrected chi connectivity index (χ0v) is 26.3. The lowest BCUT2D eigenvalue weighted by atomic mass is 10.2. The largest absolute Gasteiger partial charge is 0.756 e. The summed E-state index contributed by atoms with van der Waals surface area (Å²) in [6.45, 7) is 12.2. The molecule has 4 rings (SSSR count). The first-order valence-corrected chi connectivity index (χ1v) is 15.9. The Hall–Kier alpha value is -2.73. The summed E-state index contributed by atoms with van der Waals surface area (Å²) in [7, 11) is -5.03. The van der Waals surface area contributed by atoms with E-state index in [1.54, 1.807) is 4.90 Å². The molecule has 7 atom stereocenters. The lowest BCUT2D eigenvalue weighted by molar-refractivity contribution is -0.894. The maximum absolute atomic E-state index is 12.5. The van der Waals surface area contributed by atoms with Gasteiger partial charge in [-0.05, 0) is 34.6 Å². The molecule has 4 heterocycles. The first-order chi connectivity index (χ1) is 20.7. The van der Waals surface area contributed by atoms with Crippen molar-refractivity contribution in [2.24, 2.45) is 0 Å². The Morgan fingerprint density at radius 2 is 1.41 bits per heavy atom. The fourth-order valence-corrected chi connectivity index (χ4v) is 5.84. The SMILES string of the molecule is CC[NH+](CC)CC.Cc1cn([C@H]2C[C@H](OP(=O)([O-])OC[C@H]3O[C@@H](n4cc(C)c(=O)[nH]c4=O)C[C@@H]3O)[C@@H](CO)O2)c(=O)[nH]c1=O. The van der Waals surface area contributed by atoms with Crippen molar-refractivity contribution in [3.63, 3.8) is 0 Å². The van der Waals surface area contributed by atoms with E-state index >= 15 is 0 Å². The van der Waals surface area contributed by atoms with Crippen molar-refractivity contribution in [2.45, 2.75) is 84.3 Å². The van der Waals surface area contributed by atoms with Crippen LogP contribution in [0.15, 0.2) is 31.6 Å². The van der Waals surface area contributed by atoms with Gasteiger partial charge in [0.05, 0.1) is 45.1 Å². The normalized spacial score (nSPS) is 26.4. The van der Waals surface area contributed by atoms with Gasteiger partial charge in [0.15, 0.2) is 0 Å². The highest BCUT2D eigenvalue weighted by atomic mass is 31.2. The number of ether oxygens (including phenoxy) is 2. The first kappa shape index (κ1) is 35.7. The van der Waals surface area contributed by atoms with Gasteiger partial charge in [-0.15, -0.1) is 0 Å². The van der Waals surface area contributed by atoms with Gasteiger partial charge in [-0.1, -0.05) is 0 Å². The standard InChI is InChI=1S/C20H27N4O12P.C6H15N/c1-9-5-23(19(29)21-17(9)27)15-3-11(26)14(35-15)8-33-37(31,32)36-12-4-16(34-13(12)7-25)24-6-10(2)18(28)22-20(24)30;1-4-7(5-2)6-3/h5-6,11-16,25-26H,3-4,7-8H2,1-2H3,(H,31,32)(H,21,27,29)(H,22,28,30);4-6H2,1-3H3/t11-,12-,13+,14+,15+,16+;/m0./s1. The summed E-state index contributed by atoms with van der Waals surface area (Å²) < 4.78 is 35.7. The Balaban J connectivity index is 0.000000676. The monoisotopic (exact) mass is 647 g/mol. The van der Waals surface area contributed by atoms with E-state index in [2.05, 4.69) is 30.7 Å². The first-order valence-electron chi connectivity index (χ1n) is 14.4. The van der Waals surface area contributed by atoms with Gasteiger partial charge >= 0.3 is 11.4 Å². The van der Waals surface area contributed by atoms with Gasteiger partial charge in [0.2, 0.25) is 0 Å². The maximum atomic E-state index is 12.5. The molecule has 2 aliphatic heterocycles. The fourth-order valence-electron chi connectivity index (χ4n) is 4.89. The number of quaternary nitrogens is 1. The molecule has 0 amide bonds. The van der Waals surface area contributed by atoms with Crippen molar-refractivity contribution >= 4 is 7.82 Å². The molecule has 2 aromatic rings. The number of aliphatic hydroxyl groups excluding tert-OH is 2. The van der Waals surface area contributed by atoms with Gasteiger partial charge in [-0.3, -0.25) is 33.3 Å². The average molecular weight is 648 g/mol. The van der Waals surface area contributed by atoms with E-state index in [1.807, 2.05) is 0 Å². The number of phosphoric ester groups is 1. The predicted octanol–water partition coefficient (Wildman–Crippen LogP) is -2.57. The van der Waals surface area contributed by atoms with Gasteiger partial charge in [-0.2, -0.15) is 0 Å². The van der Waals surface area contributed by atoms with Crippen LogP contribution in [0.1, 0.15) is 57.2 Å². The number of aryl methyl sites for hydroxylation is 2. The highest BCUT2D eigenvalue weighted by molar-refractivity contribution is 7.45. The molecule has 2 aliphatic rings. The van der Waals surface area contributed by atoms with Crippen molar-refractivity contribution in [2.75, 3.05) is 32.8 Å². The van der Waals surface area contributed by atoms with Crippen LogP contribution < -0.4 is 32.3 Å². The van der Waals surface area contributed by atoms with E-state index in [9.17, 15) is 38.8 Å². The van der Waals surface area contributed by atoms with Crippen molar-refractivity contribution in [3.05, 3.63) is 65.2 Å². The third-order valence-corrected chi connectivity index (χ3v) is 8.63. The minimum absolute atomic E-state index is 0.0680. The number of nitrogens with zero attached hydrogens (tertiary/aromatic N) is 2. The number of hydrogen-bond donors (Lipinski definition) is 5. The molecule has 2 aromatic heterocycles. The zero-order valence-electron chi connectivity index (χ0n) is 25.4. The van der Waals surface area contributed by atoms with E-state index in [-0.39, 0.29) is 24.0 Å². The van der Waals surface area contributed by atoms with E-state index < -0.39 is 80.4 Å². The summed E-state index contributed by atoms with van der Waals surface area (Å²) in [5.74, 6) is 0. The minimum atomic E-state index is -5.03. The summed E-state index contributed by atoms with van der Waals surface area (Å²) in [6.07, 6.45) is -4.38. The second-order valence-electron chi connectivity index (χ2n) is 10.6. The predicted molar refractivity (Wildman–Crippen MR) is 153 cm³/mol. The van der Waals surface area contributed by atoms with Crippen LogP contribution in [-0.2, 0) is 23.1 Å². The Morgan fingerprint density at radius 3 is 1.86 bits per heavy atom. The number of nitrogens with one attached hydrogen (secondary N) is 3. The topological polar surface area (TPSA) is 232 Å². The number of H-pyrrole nitrogens is 2. The van der Waals surface area contributed by atoms with Crippen LogP contribution >= 0.6 is 7.82 Å². The fraction of sp³-hybridized carbons (Fsp3) is 0.692. The molecule has 44 heavy (non-hydrogen) atoms. The van der Waals surface area contributed by atoms with Gasteiger partial charge in [-0.25, -0.2) is 9.59 Å². The third-order valence-electron chi connectivity index (χ3n) is 7.64. The summed E-state index contributed by atoms with van der Waals surface area (Å²) in [5.41, 5.74) is -2.22. The Morgan fingerprint density at radius 1 is 0.932 bits per heavy atom. The molecule has 248 valence electrons. The molecule has 0 aliphatic carbocycles. The van der Waals surface area contributed by atoms with Gasteiger partial charge < -0.3 is 38.5 Å². The molecule has 0 spiro atoms. The molecule has 2 saturated heterocycles. The van der Waals surface area contributed by atoms with Gasteiger partial charge in [0.25, 0.3) is 18.9 Å². The van der Waals surface area contributed by atoms with Crippen molar-refractivity contribution < 1.29 is 43.1 Å². The molecule has 2 fully saturated rings. The lowest BCUT2D eigenvalue weighted by Gasteiger charge is -2.29. The quantitative estimate of drug-likeness (QED) is 0.159. The Kier molecular flexibility index (Phi) is 12.6. The molecule has 0 saturated carbocycles. The Labute approximate surface area is 252 Å². The third kappa shape index (κ3) is 8.93. The van der Waals surface area contributed by atoms with Gasteiger partial charge in [0, 0.05) is 36.4 Å². The number of hydrogen-bond acceptors (Lipinski definition) is 12. The van der Waals surface area contributed by atoms with Crippen LogP contribution in [0, 0.1) is 13.8 Å². The zero-order chi connectivity index (χ0) is 32.8. The Bertz CT molecular complexity index is 1530. The number of aliphatic hydroxyl groups is 2. The number of phosphoric acid groups is 1. The average Bonchev–Trinajstić information content (AvgIpc) is 3.55. The van der Waals surface area contributed by atoms with E-state index in [0.717, 1.165) is 9.13 Å². The summed E-state index contributed by atoms with van der Waals surface area (Å²) in [5, 5.41) is 19.9. The number of rotatable bonds is 11. The van der Waals surface area contributed by atoms with Crippen LogP contribution in [0.25, 0.3) is 0 Å². The van der Waals surface area contributed by atoms with Crippen LogP contribution in [-0.4, -0.2) is 86.6 Å². The lowest BCUT2D eigenvalue weighted by Crippen LogP contribution is -3.11. The number of aromatic amines is 2. The molecule has 0 aromatic carbocycles. The van der Waals surface area contributed by atoms with E-state index in [0.29, 0.717) is 0 Å². The summed E-state index contributed by atoms with van der Waals surface area (Å²) in [4.78, 5) is 65.8. The number of aromatic nitrogens is 4. The molecule has 0 bridgehead atoms. The van der Waals surface area contributed by atoms with E-state index in [4.69, 9.17) is 18.5 Å².